The summed E-state index contributed by atoms with van der Waals surface area (Å²) in [5.74, 6) is -0.585. The summed E-state index contributed by atoms with van der Waals surface area (Å²) in [6.07, 6.45) is 0.449. The second kappa shape index (κ2) is 4.46. The third kappa shape index (κ3) is 1.70. The number of rotatable bonds is 2. The van der Waals surface area contributed by atoms with E-state index < -0.39 is 5.41 Å². The number of esters is 1. The quantitative estimate of drug-likeness (QED) is 0.637. The SMILES string of the molecule is CCOC(=O)C12CNCC(C1=O)c1ccccc1C2. The number of ketones is 1. The lowest BCUT2D eigenvalue weighted by Crippen LogP contribution is -2.59. The molecule has 1 aliphatic heterocycles. The number of benzene rings is 1. The van der Waals surface area contributed by atoms with Crippen LogP contribution in [0.15, 0.2) is 24.3 Å². The van der Waals surface area contributed by atoms with E-state index in [1.165, 1.54) is 0 Å². The van der Waals surface area contributed by atoms with Gasteiger partial charge in [0.25, 0.3) is 0 Å². The molecule has 0 aromatic heterocycles. The van der Waals surface area contributed by atoms with E-state index in [9.17, 15) is 9.59 Å². The molecule has 0 saturated carbocycles. The Morgan fingerprint density at radius 1 is 1.47 bits per heavy atom. The largest absolute Gasteiger partial charge is 0.465 e. The van der Waals surface area contributed by atoms with Gasteiger partial charge in [-0.25, -0.2) is 0 Å². The van der Waals surface area contributed by atoms with Crippen molar-refractivity contribution in [3.05, 3.63) is 35.4 Å². The van der Waals surface area contributed by atoms with Crippen LogP contribution in [0.4, 0.5) is 0 Å². The number of carbonyl (C=O) groups excluding carboxylic acids is 2. The van der Waals surface area contributed by atoms with E-state index in [2.05, 4.69) is 5.32 Å². The first-order valence-electron chi connectivity index (χ1n) is 6.69. The van der Waals surface area contributed by atoms with Gasteiger partial charge in [0, 0.05) is 13.1 Å². The molecule has 1 fully saturated rings. The fourth-order valence-corrected chi connectivity index (χ4v) is 3.22. The molecule has 4 heteroatoms. The summed E-state index contributed by atoms with van der Waals surface area (Å²) >= 11 is 0. The Bertz CT molecular complexity index is 540. The standard InChI is InChI=1S/C15H17NO3/c1-2-19-14(18)15-7-10-5-3-4-6-11(10)12(13(15)17)8-16-9-15/h3-6,12,16H,2,7-9H2,1H3. The highest BCUT2D eigenvalue weighted by Gasteiger charge is 2.55. The minimum Gasteiger partial charge on any atom is -0.465 e. The second-order valence-electron chi connectivity index (χ2n) is 5.23. The van der Waals surface area contributed by atoms with Gasteiger partial charge in [-0.15, -0.1) is 0 Å². The smallest absolute Gasteiger partial charge is 0.321 e. The van der Waals surface area contributed by atoms with E-state index in [1.54, 1.807) is 6.92 Å². The predicted molar refractivity (Wildman–Crippen MR) is 69.8 cm³/mol. The fraction of sp³-hybridized carbons (Fsp3) is 0.467. The molecule has 1 saturated heterocycles. The average Bonchev–Trinajstić information content (AvgIpc) is 2.40. The number of fused-ring (bicyclic) bond motifs is 4. The number of hydrogen-bond donors (Lipinski definition) is 1. The van der Waals surface area contributed by atoms with Crippen LogP contribution >= 0.6 is 0 Å². The Hall–Kier alpha value is -1.68. The van der Waals surface area contributed by atoms with E-state index in [0.717, 1.165) is 11.1 Å². The Morgan fingerprint density at radius 3 is 3.05 bits per heavy atom. The summed E-state index contributed by atoms with van der Waals surface area (Å²) in [5.41, 5.74) is 1.13. The number of hydrogen-bond acceptors (Lipinski definition) is 4. The fourth-order valence-electron chi connectivity index (χ4n) is 3.22. The van der Waals surface area contributed by atoms with Crippen molar-refractivity contribution in [1.29, 1.82) is 0 Å². The Morgan fingerprint density at radius 2 is 2.26 bits per heavy atom. The van der Waals surface area contributed by atoms with Crippen LogP contribution in [0.3, 0.4) is 0 Å². The molecule has 0 spiro atoms. The molecular weight excluding hydrogens is 242 g/mol. The number of ether oxygens (including phenoxy) is 1. The molecule has 0 amide bonds. The highest BCUT2D eigenvalue weighted by atomic mass is 16.5. The monoisotopic (exact) mass is 259 g/mol. The van der Waals surface area contributed by atoms with E-state index in [0.29, 0.717) is 26.1 Å². The van der Waals surface area contributed by atoms with Crippen molar-refractivity contribution in [2.24, 2.45) is 5.41 Å². The van der Waals surface area contributed by atoms with Crippen LogP contribution < -0.4 is 5.32 Å². The highest BCUT2D eigenvalue weighted by molar-refractivity contribution is 6.09. The topological polar surface area (TPSA) is 55.4 Å². The van der Waals surface area contributed by atoms with Crippen molar-refractivity contribution >= 4 is 11.8 Å². The van der Waals surface area contributed by atoms with Crippen molar-refractivity contribution in [3.8, 4) is 0 Å². The zero-order valence-electron chi connectivity index (χ0n) is 10.9. The van der Waals surface area contributed by atoms with Crippen molar-refractivity contribution in [2.75, 3.05) is 19.7 Å². The van der Waals surface area contributed by atoms with Crippen LogP contribution in [0.1, 0.15) is 24.0 Å². The molecule has 100 valence electrons. The van der Waals surface area contributed by atoms with Gasteiger partial charge in [-0.3, -0.25) is 9.59 Å². The van der Waals surface area contributed by atoms with Gasteiger partial charge in [-0.2, -0.15) is 0 Å². The minimum absolute atomic E-state index is 0.0170. The van der Waals surface area contributed by atoms with E-state index in [4.69, 9.17) is 4.74 Å². The molecule has 2 aliphatic rings. The molecule has 1 aromatic carbocycles. The number of piperidine rings is 1. The molecule has 2 bridgehead atoms. The lowest BCUT2D eigenvalue weighted by Gasteiger charge is -2.42. The van der Waals surface area contributed by atoms with Crippen molar-refractivity contribution in [3.63, 3.8) is 0 Å². The van der Waals surface area contributed by atoms with Crippen LogP contribution in [-0.2, 0) is 20.7 Å². The Labute approximate surface area is 112 Å². The minimum atomic E-state index is -1.02. The van der Waals surface area contributed by atoms with Crippen LogP contribution in [0.25, 0.3) is 0 Å². The van der Waals surface area contributed by atoms with Gasteiger partial charge in [-0.05, 0) is 24.5 Å². The zero-order chi connectivity index (χ0) is 13.5. The van der Waals surface area contributed by atoms with Crippen LogP contribution in [0.5, 0.6) is 0 Å². The molecule has 19 heavy (non-hydrogen) atoms. The van der Waals surface area contributed by atoms with Crippen molar-refractivity contribution in [1.82, 2.24) is 5.32 Å². The van der Waals surface area contributed by atoms with Crippen molar-refractivity contribution in [2.45, 2.75) is 19.3 Å². The van der Waals surface area contributed by atoms with E-state index in [-0.39, 0.29) is 17.7 Å². The molecule has 2 atom stereocenters. The van der Waals surface area contributed by atoms with E-state index in [1.807, 2.05) is 24.3 Å². The summed E-state index contributed by atoms with van der Waals surface area (Å²) in [6, 6.07) is 7.89. The van der Waals surface area contributed by atoms with Gasteiger partial charge in [0.1, 0.15) is 5.41 Å². The van der Waals surface area contributed by atoms with Gasteiger partial charge in [0.2, 0.25) is 0 Å². The summed E-state index contributed by atoms with van der Waals surface area (Å²) < 4.78 is 5.14. The molecule has 1 aromatic rings. The maximum Gasteiger partial charge on any atom is 0.321 e. The average molecular weight is 259 g/mol. The molecule has 2 unspecified atom stereocenters. The Balaban J connectivity index is 2.08. The number of carbonyl (C=O) groups is 2. The van der Waals surface area contributed by atoms with Crippen molar-refractivity contribution < 1.29 is 14.3 Å². The van der Waals surface area contributed by atoms with Crippen LogP contribution in [-0.4, -0.2) is 31.4 Å². The Kier molecular flexibility index (Phi) is 2.90. The normalized spacial score (nSPS) is 28.7. The first-order valence-corrected chi connectivity index (χ1v) is 6.69. The third-order valence-electron chi connectivity index (χ3n) is 4.15. The molecule has 1 aliphatic carbocycles. The van der Waals surface area contributed by atoms with Crippen LogP contribution in [0.2, 0.25) is 0 Å². The molecule has 1 N–H and O–H groups in total. The van der Waals surface area contributed by atoms with Gasteiger partial charge < -0.3 is 10.1 Å². The summed E-state index contributed by atoms with van der Waals surface area (Å²) in [6.45, 7) is 3.07. The molecular formula is C15H17NO3. The first-order chi connectivity index (χ1) is 9.19. The summed E-state index contributed by atoms with van der Waals surface area (Å²) in [7, 11) is 0. The lowest BCUT2D eigenvalue weighted by atomic mass is 9.64. The predicted octanol–water partition coefficient (Wildman–Crippen LogP) is 1.05. The maximum absolute atomic E-state index is 12.7. The van der Waals surface area contributed by atoms with Gasteiger partial charge in [0.15, 0.2) is 5.78 Å². The van der Waals surface area contributed by atoms with Gasteiger partial charge in [0.05, 0.1) is 12.5 Å². The lowest BCUT2D eigenvalue weighted by molar-refractivity contribution is -0.162. The molecule has 3 rings (SSSR count). The van der Waals surface area contributed by atoms with Gasteiger partial charge in [-0.1, -0.05) is 24.3 Å². The third-order valence-corrected chi connectivity index (χ3v) is 4.15. The van der Waals surface area contributed by atoms with Crippen LogP contribution in [0, 0.1) is 5.41 Å². The molecule has 1 heterocycles. The zero-order valence-corrected chi connectivity index (χ0v) is 10.9. The summed E-state index contributed by atoms with van der Waals surface area (Å²) in [5, 5.41) is 3.22. The summed E-state index contributed by atoms with van der Waals surface area (Å²) in [4.78, 5) is 24.9. The second-order valence-corrected chi connectivity index (χ2v) is 5.23. The molecule has 0 radical (unpaired) electrons. The highest BCUT2D eigenvalue weighted by Crippen LogP contribution is 2.42. The first kappa shape index (κ1) is 12.4. The maximum atomic E-state index is 12.7. The number of nitrogens with one attached hydrogen (secondary N) is 1. The van der Waals surface area contributed by atoms with E-state index >= 15 is 0 Å². The molecule has 4 nitrogen and oxygen atoms in total. The van der Waals surface area contributed by atoms with Gasteiger partial charge >= 0.3 is 5.97 Å². The number of Topliss-reactive ketones (excluding diaryl/α,β-unsaturated/α-hetero) is 1.